The highest BCUT2D eigenvalue weighted by atomic mass is 16.6. The monoisotopic (exact) mass is 243 g/mol. The van der Waals surface area contributed by atoms with Gasteiger partial charge in [0.2, 0.25) is 0 Å². The first kappa shape index (κ1) is 12.9. The van der Waals surface area contributed by atoms with Crippen molar-refractivity contribution in [2.75, 3.05) is 7.11 Å². The van der Waals surface area contributed by atoms with Crippen molar-refractivity contribution in [2.45, 2.75) is 26.4 Å². The third-order valence-electron chi connectivity index (χ3n) is 1.59. The predicted molar refractivity (Wildman–Crippen MR) is 54.7 cm³/mol. The van der Waals surface area contributed by atoms with Crippen LogP contribution < -0.4 is 0 Å². The van der Waals surface area contributed by atoms with E-state index in [0.717, 1.165) is 7.11 Å². The summed E-state index contributed by atoms with van der Waals surface area (Å²) in [6, 6.07) is -0.736. The zero-order valence-electron chi connectivity index (χ0n) is 9.92. The van der Waals surface area contributed by atoms with E-state index in [1.165, 1.54) is 0 Å². The lowest BCUT2D eigenvalue weighted by atomic mass is 10.2. The zero-order chi connectivity index (χ0) is 13.2. The van der Waals surface area contributed by atoms with E-state index in [0.29, 0.717) is 4.57 Å². The summed E-state index contributed by atoms with van der Waals surface area (Å²) in [4.78, 5) is 22.9. The van der Waals surface area contributed by atoms with E-state index in [2.05, 4.69) is 14.9 Å². The Hall–Kier alpha value is -2.12. The first-order valence-electron chi connectivity index (χ1n) is 4.72. The maximum atomic E-state index is 11.7. The van der Waals surface area contributed by atoms with Gasteiger partial charge in [0.25, 0.3) is 5.82 Å². The second-order valence-electron chi connectivity index (χ2n) is 4.13. The minimum atomic E-state index is -0.958. The number of rotatable bonds is 1. The third kappa shape index (κ3) is 2.92. The molecule has 17 heavy (non-hydrogen) atoms. The Morgan fingerprint density at radius 3 is 2.35 bits per heavy atom. The second-order valence-corrected chi connectivity index (χ2v) is 4.13. The van der Waals surface area contributed by atoms with Crippen molar-refractivity contribution in [3.8, 4) is 6.01 Å². The van der Waals surface area contributed by atoms with Crippen LogP contribution in [0.15, 0.2) is 0 Å². The molecule has 0 spiro atoms. The number of hydrogen-bond acceptors (Lipinski definition) is 7. The molecule has 0 saturated heterocycles. The number of aromatic nitrogens is 3. The Morgan fingerprint density at radius 1 is 1.29 bits per heavy atom. The largest absolute Gasteiger partial charge is 0.479 e. The molecule has 0 aromatic carbocycles. The van der Waals surface area contributed by atoms with Crippen molar-refractivity contribution in [3.63, 3.8) is 0 Å². The van der Waals surface area contributed by atoms with Gasteiger partial charge in [0, 0.05) is 0 Å². The summed E-state index contributed by atoms with van der Waals surface area (Å²) in [6.45, 7) is 4.93. The average molecular weight is 243 g/mol. The Bertz CT molecular complexity index is 446. The van der Waals surface area contributed by atoms with Crippen LogP contribution in [0.3, 0.4) is 0 Å². The highest BCUT2D eigenvalue weighted by molar-refractivity contribution is 5.90. The van der Waals surface area contributed by atoms with Gasteiger partial charge in [-0.3, -0.25) is 0 Å². The summed E-state index contributed by atoms with van der Waals surface area (Å²) < 4.78 is 9.90. The van der Waals surface area contributed by atoms with E-state index in [1.807, 2.05) is 0 Å². The van der Waals surface area contributed by atoms with Gasteiger partial charge in [0.1, 0.15) is 5.60 Å². The van der Waals surface area contributed by atoms with E-state index in [-0.39, 0.29) is 0 Å². The molecule has 1 rings (SSSR count). The quantitative estimate of drug-likeness (QED) is 0.718. The van der Waals surface area contributed by atoms with Crippen molar-refractivity contribution in [3.05, 3.63) is 5.82 Å². The number of ether oxygens (including phenoxy) is 2. The fourth-order valence-electron chi connectivity index (χ4n) is 0.975. The molecule has 0 radical (unpaired) electrons. The molecule has 8 nitrogen and oxygen atoms in total. The van der Waals surface area contributed by atoms with Crippen LogP contribution in [0.1, 0.15) is 31.4 Å². The topological polar surface area (TPSA) is 104 Å². The van der Waals surface area contributed by atoms with E-state index < -0.39 is 29.5 Å². The fraction of sp³-hybridized carbons (Fsp3) is 0.556. The first-order valence-corrected chi connectivity index (χ1v) is 4.72. The third-order valence-corrected chi connectivity index (χ3v) is 1.59. The van der Waals surface area contributed by atoms with E-state index in [4.69, 9.17) is 4.74 Å². The highest BCUT2D eigenvalue weighted by Gasteiger charge is 2.28. The highest BCUT2D eigenvalue weighted by Crippen LogP contribution is 2.14. The van der Waals surface area contributed by atoms with Crippen LogP contribution in [0.5, 0.6) is 6.01 Å². The van der Waals surface area contributed by atoms with Gasteiger partial charge in [0.15, 0.2) is 0 Å². The molecule has 0 fully saturated rings. The van der Waals surface area contributed by atoms with Crippen molar-refractivity contribution in [1.82, 2.24) is 14.8 Å². The lowest BCUT2D eigenvalue weighted by molar-refractivity contribution is 0.0468. The molecule has 94 valence electrons. The molecule has 0 aliphatic carbocycles. The maximum absolute atomic E-state index is 11.7. The number of hydrogen-bond donors (Lipinski definition) is 1. The minimum absolute atomic E-state index is 0.445. The molecule has 0 unspecified atom stereocenters. The van der Waals surface area contributed by atoms with Crippen molar-refractivity contribution in [2.24, 2.45) is 0 Å². The molecule has 8 heteroatoms. The molecule has 0 aliphatic heterocycles. The smallest absolute Gasteiger partial charge is 0.424 e. The van der Waals surface area contributed by atoms with Gasteiger partial charge >= 0.3 is 18.1 Å². The summed E-state index contributed by atoms with van der Waals surface area (Å²) in [5, 5.41) is 15.9. The second kappa shape index (κ2) is 4.40. The fourth-order valence-corrected chi connectivity index (χ4v) is 0.975. The normalized spacial score (nSPS) is 11.1. The Kier molecular flexibility index (Phi) is 3.35. The lowest BCUT2D eigenvalue weighted by Gasteiger charge is -2.19. The lowest BCUT2D eigenvalue weighted by Crippen LogP contribution is -2.29. The van der Waals surface area contributed by atoms with E-state index >= 15 is 0 Å². The van der Waals surface area contributed by atoms with Gasteiger partial charge in [-0.1, -0.05) is 5.10 Å². The Morgan fingerprint density at radius 2 is 1.88 bits per heavy atom. The molecule has 1 aromatic rings. The van der Waals surface area contributed by atoms with Gasteiger partial charge in [-0.2, -0.15) is 4.57 Å². The average Bonchev–Trinajstić information content (AvgIpc) is 2.56. The van der Waals surface area contributed by atoms with Crippen LogP contribution in [0.4, 0.5) is 4.79 Å². The molecule has 1 N–H and O–H groups in total. The predicted octanol–water partition coefficient (Wildman–Crippen LogP) is 0.553. The number of nitrogens with zero attached hydrogens (tertiary/aromatic N) is 3. The van der Waals surface area contributed by atoms with Crippen LogP contribution in [0.25, 0.3) is 0 Å². The molecule has 0 bridgehead atoms. The van der Waals surface area contributed by atoms with Gasteiger partial charge in [-0.05, 0) is 20.8 Å². The molecule has 0 saturated carbocycles. The van der Waals surface area contributed by atoms with Gasteiger partial charge in [0.05, 0.1) is 7.11 Å². The molecular formula is C9H13N3O5. The van der Waals surface area contributed by atoms with Crippen molar-refractivity contribution < 1.29 is 24.2 Å². The molecule has 0 aliphatic rings. The molecule has 0 amide bonds. The van der Waals surface area contributed by atoms with Crippen LogP contribution in [0.2, 0.25) is 0 Å². The summed E-state index contributed by atoms with van der Waals surface area (Å²) in [7, 11) is 1.12. The summed E-state index contributed by atoms with van der Waals surface area (Å²) in [5.41, 5.74) is -0.777. The first-order chi connectivity index (χ1) is 7.76. The summed E-state index contributed by atoms with van der Waals surface area (Å²) in [6.07, 6.45) is -0.958. The van der Waals surface area contributed by atoms with Crippen LogP contribution >= 0.6 is 0 Å². The zero-order valence-corrected chi connectivity index (χ0v) is 9.92. The van der Waals surface area contributed by atoms with Crippen LogP contribution in [0, 0.1) is 0 Å². The number of carbonyl (C=O) groups is 2. The standard InChI is InChI=1S/C9H13N3O5/c1-9(2,3)17-8(15)12-5(6(13)16-4)10-11-7(12)14/h1-4H3,(H,11,14). The van der Waals surface area contributed by atoms with Gasteiger partial charge < -0.3 is 14.6 Å². The van der Waals surface area contributed by atoms with Gasteiger partial charge in [-0.15, -0.1) is 5.10 Å². The number of aromatic hydroxyl groups is 1. The maximum Gasteiger partial charge on any atom is 0.424 e. The minimum Gasteiger partial charge on any atom is -0.479 e. The van der Waals surface area contributed by atoms with Crippen molar-refractivity contribution >= 4 is 12.1 Å². The Labute approximate surface area is 97.2 Å². The number of methoxy groups -OCH3 is 1. The van der Waals surface area contributed by atoms with Gasteiger partial charge in [-0.25, -0.2) is 9.59 Å². The summed E-state index contributed by atoms with van der Waals surface area (Å²) in [5.74, 6) is -1.34. The number of esters is 1. The molecule has 0 atom stereocenters. The SMILES string of the molecule is COC(=O)c1nnc(O)n1C(=O)OC(C)(C)C. The molecular weight excluding hydrogens is 230 g/mol. The van der Waals surface area contributed by atoms with Crippen LogP contribution in [-0.4, -0.2) is 44.6 Å². The molecule has 1 heterocycles. The summed E-state index contributed by atoms with van der Waals surface area (Å²) >= 11 is 0. The van der Waals surface area contributed by atoms with Crippen molar-refractivity contribution in [1.29, 1.82) is 0 Å². The molecule has 1 aromatic heterocycles. The van der Waals surface area contributed by atoms with E-state index in [9.17, 15) is 14.7 Å². The van der Waals surface area contributed by atoms with Crippen LogP contribution in [-0.2, 0) is 9.47 Å². The number of carbonyl (C=O) groups excluding carboxylic acids is 2. The van der Waals surface area contributed by atoms with E-state index in [1.54, 1.807) is 20.8 Å². The Balaban J connectivity index is 3.09.